The summed E-state index contributed by atoms with van der Waals surface area (Å²) in [6.45, 7) is 0. The lowest BCUT2D eigenvalue weighted by atomic mass is 10.4. The van der Waals surface area contributed by atoms with Crippen molar-refractivity contribution < 1.29 is 0 Å². The topological polar surface area (TPSA) is 65.1 Å². The number of aromatic nitrogens is 5. The lowest BCUT2D eigenvalue weighted by molar-refractivity contribution is 0.802. The molecular weight excluding hydrogens is 206 g/mol. The Hall–Kier alpha value is -2.50. The van der Waals surface area contributed by atoms with Crippen molar-refractivity contribution in [3.05, 3.63) is 53.3 Å². The van der Waals surface area contributed by atoms with Crippen LogP contribution in [0.4, 0.5) is 0 Å². The molecule has 3 heterocycles. The molecule has 0 aromatic carbocycles. The molecule has 0 N–H and O–H groups in total. The van der Waals surface area contributed by atoms with E-state index in [0.717, 1.165) is 0 Å². The normalized spacial score (nSPS) is 10.8. The molecule has 0 amide bonds. The Balaban J connectivity index is 2.34. The minimum atomic E-state index is -0.290. The van der Waals surface area contributed by atoms with E-state index in [0.29, 0.717) is 11.3 Å². The van der Waals surface area contributed by atoms with Gasteiger partial charge in [0.1, 0.15) is 0 Å². The van der Waals surface area contributed by atoms with E-state index in [1.54, 1.807) is 42.9 Å². The molecule has 16 heavy (non-hydrogen) atoms. The summed E-state index contributed by atoms with van der Waals surface area (Å²) in [6, 6.07) is 6.90. The first-order valence-corrected chi connectivity index (χ1v) is 4.70. The zero-order valence-corrected chi connectivity index (χ0v) is 8.19. The molecule has 0 unspecified atom stereocenters. The summed E-state index contributed by atoms with van der Waals surface area (Å²) in [7, 11) is 0. The van der Waals surface area contributed by atoms with Gasteiger partial charge in [0.2, 0.25) is 0 Å². The van der Waals surface area contributed by atoms with E-state index in [4.69, 9.17) is 0 Å². The van der Waals surface area contributed by atoms with Gasteiger partial charge in [0.15, 0.2) is 5.65 Å². The molecule has 3 rings (SSSR count). The lowest BCUT2D eigenvalue weighted by Gasteiger charge is -1.95. The Morgan fingerprint density at radius 2 is 1.88 bits per heavy atom. The van der Waals surface area contributed by atoms with E-state index in [2.05, 4.69) is 15.2 Å². The van der Waals surface area contributed by atoms with Crippen molar-refractivity contribution in [1.82, 2.24) is 24.4 Å². The maximum absolute atomic E-state index is 11.9. The molecule has 6 nitrogen and oxygen atoms in total. The monoisotopic (exact) mass is 213 g/mol. The van der Waals surface area contributed by atoms with E-state index in [-0.39, 0.29) is 5.69 Å². The summed E-state index contributed by atoms with van der Waals surface area (Å²) in [5.41, 5.74) is 0.900. The quantitative estimate of drug-likeness (QED) is 0.582. The second-order valence-electron chi connectivity index (χ2n) is 3.19. The molecule has 0 atom stereocenters. The molecule has 0 saturated heterocycles. The largest absolute Gasteiger partial charge is 0.371 e. The molecule has 0 fully saturated rings. The van der Waals surface area contributed by atoms with Crippen LogP contribution in [0.25, 0.3) is 11.3 Å². The summed E-state index contributed by atoms with van der Waals surface area (Å²) in [5, 5.41) is 8.09. The van der Waals surface area contributed by atoms with Crippen LogP contribution in [-0.2, 0) is 0 Å². The first kappa shape index (κ1) is 8.78. The van der Waals surface area contributed by atoms with Crippen LogP contribution >= 0.6 is 0 Å². The highest BCUT2D eigenvalue weighted by molar-refractivity contribution is 5.37. The van der Waals surface area contributed by atoms with E-state index in [1.807, 2.05) is 0 Å². The van der Waals surface area contributed by atoms with E-state index in [9.17, 15) is 4.79 Å². The Kier molecular flexibility index (Phi) is 1.79. The van der Waals surface area contributed by atoms with Gasteiger partial charge in [-0.25, -0.2) is 4.79 Å². The Morgan fingerprint density at radius 1 is 1.06 bits per heavy atom. The van der Waals surface area contributed by atoms with Crippen LogP contribution < -0.4 is 5.69 Å². The van der Waals surface area contributed by atoms with Crippen molar-refractivity contribution in [1.29, 1.82) is 0 Å². The molecule has 3 aromatic rings. The highest BCUT2D eigenvalue weighted by Gasteiger charge is 2.07. The van der Waals surface area contributed by atoms with Crippen LogP contribution in [0, 0.1) is 0 Å². The number of pyridine rings is 1. The highest BCUT2D eigenvalue weighted by Crippen LogP contribution is 2.01. The van der Waals surface area contributed by atoms with Gasteiger partial charge in [-0.2, -0.15) is 14.3 Å². The van der Waals surface area contributed by atoms with Crippen molar-refractivity contribution in [2.45, 2.75) is 0 Å². The van der Waals surface area contributed by atoms with Gasteiger partial charge < -0.3 is 0 Å². The Bertz CT molecular complexity index is 685. The molecule has 78 valence electrons. The summed E-state index contributed by atoms with van der Waals surface area (Å²) in [5.74, 6) is 0. The van der Waals surface area contributed by atoms with Crippen LogP contribution in [0.15, 0.2) is 47.7 Å². The molecule has 0 saturated carbocycles. The van der Waals surface area contributed by atoms with Crippen molar-refractivity contribution in [2.24, 2.45) is 0 Å². The van der Waals surface area contributed by atoms with Crippen molar-refractivity contribution >= 4 is 5.65 Å². The van der Waals surface area contributed by atoms with Crippen LogP contribution in [0.1, 0.15) is 0 Å². The van der Waals surface area contributed by atoms with Crippen LogP contribution in [-0.4, -0.2) is 24.4 Å². The highest BCUT2D eigenvalue weighted by atomic mass is 16.2. The smallest absolute Gasteiger partial charge is 0.265 e. The van der Waals surface area contributed by atoms with E-state index >= 15 is 0 Å². The second-order valence-corrected chi connectivity index (χ2v) is 3.19. The number of rotatable bonds is 1. The Labute approximate surface area is 89.8 Å². The van der Waals surface area contributed by atoms with Gasteiger partial charge in [0.25, 0.3) is 0 Å². The van der Waals surface area contributed by atoms with Gasteiger partial charge in [0, 0.05) is 18.6 Å². The third-order valence-corrected chi connectivity index (χ3v) is 2.20. The second kappa shape index (κ2) is 3.27. The predicted octanol–water partition coefficient (Wildman–Crippen LogP) is 0.275. The fraction of sp³-hybridized carbons (Fsp3) is 0. The minimum absolute atomic E-state index is 0.290. The molecular formula is C10H7N5O. The molecule has 0 aliphatic carbocycles. The lowest BCUT2D eigenvalue weighted by Crippen LogP contribution is -2.20. The van der Waals surface area contributed by atoms with Gasteiger partial charge in [0.05, 0.1) is 5.69 Å². The predicted molar refractivity (Wildman–Crippen MR) is 56.4 cm³/mol. The molecule has 0 bridgehead atoms. The maximum atomic E-state index is 11.9. The van der Waals surface area contributed by atoms with Crippen molar-refractivity contribution in [3.8, 4) is 5.69 Å². The van der Waals surface area contributed by atoms with Crippen molar-refractivity contribution in [3.63, 3.8) is 0 Å². The molecule has 0 radical (unpaired) electrons. The van der Waals surface area contributed by atoms with E-state index < -0.39 is 0 Å². The molecule has 0 spiro atoms. The Morgan fingerprint density at radius 3 is 2.62 bits per heavy atom. The first-order chi connectivity index (χ1) is 7.86. The number of hydrogen-bond donors (Lipinski definition) is 0. The van der Waals surface area contributed by atoms with Crippen LogP contribution in [0.3, 0.4) is 0 Å². The fourth-order valence-electron chi connectivity index (χ4n) is 1.48. The van der Waals surface area contributed by atoms with Crippen LogP contribution in [0.2, 0.25) is 0 Å². The van der Waals surface area contributed by atoms with Gasteiger partial charge in [-0.15, -0.1) is 5.10 Å². The summed E-state index contributed by atoms with van der Waals surface area (Å²) >= 11 is 0. The standard InChI is InChI=1S/C10H7N5O/c16-10-14(8-3-6-11-7-4-8)13-9-2-1-5-12-15(9)10/h1-7H. The average molecular weight is 213 g/mol. The fourth-order valence-corrected chi connectivity index (χ4v) is 1.48. The molecule has 0 aliphatic heterocycles. The molecule has 6 heteroatoms. The van der Waals surface area contributed by atoms with Gasteiger partial charge in [-0.3, -0.25) is 4.98 Å². The number of hydrogen-bond acceptors (Lipinski definition) is 4. The zero-order valence-electron chi connectivity index (χ0n) is 8.19. The summed E-state index contributed by atoms with van der Waals surface area (Å²) in [6.07, 6.45) is 4.77. The number of nitrogens with zero attached hydrogens (tertiary/aromatic N) is 5. The third kappa shape index (κ3) is 1.20. The third-order valence-electron chi connectivity index (χ3n) is 2.20. The van der Waals surface area contributed by atoms with Gasteiger partial charge in [-0.1, -0.05) is 0 Å². The SMILES string of the molecule is O=c1n(-c2ccncc2)nc2cccnn12. The van der Waals surface area contributed by atoms with Gasteiger partial charge in [-0.05, 0) is 24.3 Å². The van der Waals surface area contributed by atoms with Gasteiger partial charge >= 0.3 is 5.69 Å². The molecule has 0 aliphatic rings. The first-order valence-electron chi connectivity index (χ1n) is 4.70. The minimum Gasteiger partial charge on any atom is -0.265 e. The summed E-state index contributed by atoms with van der Waals surface area (Å²) in [4.78, 5) is 15.8. The zero-order chi connectivity index (χ0) is 11.0. The maximum Gasteiger partial charge on any atom is 0.371 e. The molecule has 3 aromatic heterocycles. The number of fused-ring (bicyclic) bond motifs is 1. The average Bonchev–Trinajstić information content (AvgIpc) is 2.69. The van der Waals surface area contributed by atoms with Crippen LogP contribution in [0.5, 0.6) is 0 Å². The van der Waals surface area contributed by atoms with E-state index in [1.165, 1.54) is 9.20 Å². The summed E-state index contributed by atoms with van der Waals surface area (Å²) < 4.78 is 2.55. The van der Waals surface area contributed by atoms with Crippen molar-refractivity contribution in [2.75, 3.05) is 0 Å².